The third kappa shape index (κ3) is 5.98. The van der Waals surface area contributed by atoms with Crippen molar-refractivity contribution in [1.82, 2.24) is 15.5 Å². The summed E-state index contributed by atoms with van der Waals surface area (Å²) < 4.78 is 13.4. The van der Waals surface area contributed by atoms with Crippen LogP contribution in [0.3, 0.4) is 0 Å². The van der Waals surface area contributed by atoms with Crippen molar-refractivity contribution in [3.05, 3.63) is 35.6 Å². The predicted molar refractivity (Wildman–Crippen MR) is 86.7 cm³/mol. The highest BCUT2D eigenvalue weighted by Crippen LogP contribution is 2.07. The first-order valence-electron chi connectivity index (χ1n) is 8.18. The van der Waals surface area contributed by atoms with Gasteiger partial charge >= 0.3 is 0 Å². The summed E-state index contributed by atoms with van der Waals surface area (Å²) in [5.41, 5.74) is -0.00185. The number of amides is 2. The average Bonchev–Trinajstić information content (AvgIpc) is 2.56. The van der Waals surface area contributed by atoms with E-state index in [0.717, 1.165) is 19.6 Å². The second-order valence-corrected chi connectivity index (χ2v) is 5.74. The fraction of sp³-hybridized carbons (Fsp3) is 0.529. The lowest BCUT2D eigenvalue weighted by Gasteiger charge is -2.26. The molecule has 1 fully saturated rings. The molecule has 6 heteroatoms. The molecule has 0 bridgehead atoms. The minimum absolute atomic E-state index is 0.00185. The van der Waals surface area contributed by atoms with Crippen LogP contribution in [0.25, 0.3) is 0 Å². The lowest BCUT2D eigenvalue weighted by Crippen LogP contribution is -2.38. The SMILES string of the molecule is O=C(CCNC(=O)c1ccccc1F)NCCN1CCCCC1. The molecule has 1 aliphatic heterocycles. The van der Waals surface area contributed by atoms with Crippen LogP contribution in [0.15, 0.2) is 24.3 Å². The number of hydrogen-bond donors (Lipinski definition) is 2. The van der Waals surface area contributed by atoms with Gasteiger partial charge in [0.1, 0.15) is 5.82 Å². The van der Waals surface area contributed by atoms with Gasteiger partial charge in [-0.05, 0) is 38.1 Å². The van der Waals surface area contributed by atoms with Crippen LogP contribution in [-0.4, -0.2) is 49.4 Å². The average molecular weight is 321 g/mol. The molecular weight excluding hydrogens is 297 g/mol. The minimum Gasteiger partial charge on any atom is -0.355 e. The van der Waals surface area contributed by atoms with Crippen molar-refractivity contribution >= 4 is 11.8 Å². The van der Waals surface area contributed by atoms with Gasteiger partial charge in [-0.25, -0.2) is 4.39 Å². The summed E-state index contributed by atoms with van der Waals surface area (Å²) >= 11 is 0. The topological polar surface area (TPSA) is 61.4 Å². The van der Waals surface area contributed by atoms with E-state index in [0.29, 0.717) is 6.54 Å². The molecule has 0 spiro atoms. The van der Waals surface area contributed by atoms with Gasteiger partial charge in [0, 0.05) is 26.1 Å². The Bertz CT molecular complexity index is 530. The Kier molecular flexibility index (Phi) is 7.00. The molecule has 0 atom stereocenters. The molecule has 0 aliphatic carbocycles. The smallest absolute Gasteiger partial charge is 0.254 e. The zero-order chi connectivity index (χ0) is 16.5. The summed E-state index contributed by atoms with van der Waals surface area (Å²) in [6, 6.07) is 5.79. The maximum atomic E-state index is 13.4. The summed E-state index contributed by atoms with van der Waals surface area (Å²) in [6.45, 7) is 3.90. The molecular formula is C17H24FN3O2. The normalized spacial score (nSPS) is 15.2. The Labute approximate surface area is 136 Å². The highest BCUT2D eigenvalue weighted by Gasteiger charge is 2.12. The van der Waals surface area contributed by atoms with Crippen molar-refractivity contribution in [1.29, 1.82) is 0 Å². The lowest BCUT2D eigenvalue weighted by molar-refractivity contribution is -0.121. The highest BCUT2D eigenvalue weighted by molar-refractivity contribution is 5.94. The minimum atomic E-state index is -0.559. The molecule has 2 N–H and O–H groups in total. The Morgan fingerprint density at radius 2 is 1.78 bits per heavy atom. The van der Waals surface area contributed by atoms with Crippen LogP contribution in [0.2, 0.25) is 0 Å². The van der Waals surface area contributed by atoms with Gasteiger partial charge in [0.05, 0.1) is 5.56 Å². The Morgan fingerprint density at radius 3 is 2.52 bits per heavy atom. The Balaban J connectivity index is 1.59. The fourth-order valence-electron chi connectivity index (χ4n) is 2.65. The van der Waals surface area contributed by atoms with E-state index >= 15 is 0 Å². The molecule has 1 aromatic carbocycles. The number of nitrogens with zero attached hydrogens (tertiary/aromatic N) is 1. The third-order valence-corrected chi connectivity index (χ3v) is 3.95. The summed E-state index contributed by atoms with van der Waals surface area (Å²) in [6.07, 6.45) is 3.96. The van der Waals surface area contributed by atoms with Gasteiger partial charge in [-0.1, -0.05) is 18.6 Å². The van der Waals surface area contributed by atoms with E-state index in [4.69, 9.17) is 0 Å². The molecule has 0 aromatic heterocycles. The Hall–Kier alpha value is -1.95. The van der Waals surface area contributed by atoms with Gasteiger partial charge in [0.15, 0.2) is 0 Å². The van der Waals surface area contributed by atoms with Gasteiger partial charge in [0.2, 0.25) is 5.91 Å². The van der Waals surface area contributed by atoms with Crippen molar-refractivity contribution < 1.29 is 14.0 Å². The van der Waals surface area contributed by atoms with Crippen LogP contribution in [0.4, 0.5) is 4.39 Å². The zero-order valence-corrected chi connectivity index (χ0v) is 13.3. The van der Waals surface area contributed by atoms with E-state index in [1.54, 1.807) is 6.07 Å². The van der Waals surface area contributed by atoms with Gasteiger partial charge in [-0.3, -0.25) is 9.59 Å². The summed E-state index contributed by atoms with van der Waals surface area (Å²) in [5.74, 6) is -1.16. The molecule has 2 rings (SSSR count). The molecule has 0 radical (unpaired) electrons. The van der Waals surface area contributed by atoms with Gasteiger partial charge in [-0.15, -0.1) is 0 Å². The number of piperidine rings is 1. The third-order valence-electron chi connectivity index (χ3n) is 3.95. The number of nitrogens with one attached hydrogen (secondary N) is 2. The van der Waals surface area contributed by atoms with Crippen molar-refractivity contribution in [3.63, 3.8) is 0 Å². The number of halogens is 1. The highest BCUT2D eigenvalue weighted by atomic mass is 19.1. The molecule has 1 aliphatic rings. The maximum absolute atomic E-state index is 13.4. The number of carbonyl (C=O) groups is 2. The zero-order valence-electron chi connectivity index (χ0n) is 13.3. The van der Waals surface area contributed by atoms with Crippen LogP contribution >= 0.6 is 0 Å². The maximum Gasteiger partial charge on any atom is 0.254 e. The standard InChI is InChI=1S/C17H24FN3O2/c18-15-7-3-2-6-14(15)17(23)20-9-8-16(22)19-10-13-21-11-4-1-5-12-21/h2-3,6-7H,1,4-5,8-13H2,(H,19,22)(H,20,23). The predicted octanol–water partition coefficient (Wildman–Crippen LogP) is 1.55. The molecule has 1 heterocycles. The van der Waals surface area contributed by atoms with E-state index in [9.17, 15) is 14.0 Å². The molecule has 5 nitrogen and oxygen atoms in total. The van der Waals surface area contributed by atoms with Crippen LogP contribution in [0, 0.1) is 5.82 Å². The monoisotopic (exact) mass is 321 g/mol. The molecule has 1 aromatic rings. The van der Waals surface area contributed by atoms with Crippen molar-refractivity contribution in [3.8, 4) is 0 Å². The second-order valence-electron chi connectivity index (χ2n) is 5.74. The molecule has 23 heavy (non-hydrogen) atoms. The molecule has 0 saturated carbocycles. The van der Waals surface area contributed by atoms with Crippen molar-refractivity contribution in [2.45, 2.75) is 25.7 Å². The number of likely N-dealkylation sites (tertiary alicyclic amines) is 1. The molecule has 0 unspecified atom stereocenters. The van der Waals surface area contributed by atoms with Crippen molar-refractivity contribution in [2.75, 3.05) is 32.7 Å². The van der Waals surface area contributed by atoms with E-state index < -0.39 is 11.7 Å². The van der Waals surface area contributed by atoms with Crippen LogP contribution < -0.4 is 10.6 Å². The van der Waals surface area contributed by atoms with Crippen LogP contribution in [0.5, 0.6) is 0 Å². The Morgan fingerprint density at radius 1 is 1.04 bits per heavy atom. The number of hydrogen-bond acceptors (Lipinski definition) is 3. The van der Waals surface area contributed by atoms with Crippen LogP contribution in [0.1, 0.15) is 36.0 Å². The second kappa shape index (κ2) is 9.25. The van der Waals surface area contributed by atoms with E-state index in [1.807, 2.05) is 0 Å². The summed E-state index contributed by atoms with van der Waals surface area (Å²) in [7, 11) is 0. The van der Waals surface area contributed by atoms with E-state index in [2.05, 4.69) is 15.5 Å². The first-order chi connectivity index (χ1) is 11.2. The summed E-state index contributed by atoms with van der Waals surface area (Å²) in [5, 5.41) is 5.41. The van der Waals surface area contributed by atoms with Crippen LogP contribution in [-0.2, 0) is 4.79 Å². The fourth-order valence-corrected chi connectivity index (χ4v) is 2.65. The van der Waals surface area contributed by atoms with E-state index in [1.165, 1.54) is 37.5 Å². The largest absolute Gasteiger partial charge is 0.355 e. The lowest BCUT2D eigenvalue weighted by atomic mass is 10.1. The molecule has 2 amide bonds. The molecule has 126 valence electrons. The first kappa shape index (κ1) is 17.4. The summed E-state index contributed by atoms with van der Waals surface area (Å²) in [4.78, 5) is 25.8. The van der Waals surface area contributed by atoms with Gasteiger partial charge in [0.25, 0.3) is 5.91 Å². The van der Waals surface area contributed by atoms with Crippen molar-refractivity contribution in [2.24, 2.45) is 0 Å². The first-order valence-corrected chi connectivity index (χ1v) is 8.18. The number of benzene rings is 1. The quantitative estimate of drug-likeness (QED) is 0.801. The van der Waals surface area contributed by atoms with E-state index in [-0.39, 0.29) is 24.4 Å². The molecule has 1 saturated heterocycles. The number of carbonyl (C=O) groups excluding carboxylic acids is 2. The van der Waals surface area contributed by atoms with Gasteiger partial charge < -0.3 is 15.5 Å². The number of rotatable bonds is 7. The van der Waals surface area contributed by atoms with Gasteiger partial charge in [-0.2, -0.15) is 0 Å².